The molecule has 9 heteroatoms. The predicted octanol–water partition coefficient (Wildman–Crippen LogP) is 6.18. The van der Waals surface area contributed by atoms with Gasteiger partial charge in [0.2, 0.25) is 0 Å². The van der Waals surface area contributed by atoms with Crippen LogP contribution in [0.1, 0.15) is 5.56 Å². The molecule has 0 atom stereocenters. The Kier molecular flexibility index (Phi) is 6.65. The first-order valence-corrected chi connectivity index (χ1v) is 13.0. The number of anilines is 2. The van der Waals surface area contributed by atoms with E-state index in [9.17, 15) is 8.42 Å². The van der Waals surface area contributed by atoms with Gasteiger partial charge in [0.25, 0.3) is 10.0 Å². The number of hydrogen-bond acceptors (Lipinski definition) is 6. The van der Waals surface area contributed by atoms with Gasteiger partial charge in [-0.3, -0.25) is 4.98 Å². The highest BCUT2D eigenvalue weighted by Gasteiger charge is 2.21. The van der Waals surface area contributed by atoms with Crippen LogP contribution in [0.2, 0.25) is 5.02 Å². The largest absolute Gasteiger partial charge is 0.457 e. The maximum Gasteiger partial charge on any atom is 0.269 e. The first kappa shape index (κ1) is 23.9. The zero-order valence-electron chi connectivity index (χ0n) is 19.4. The van der Waals surface area contributed by atoms with E-state index in [0.717, 1.165) is 22.3 Å². The summed E-state index contributed by atoms with van der Waals surface area (Å²) in [4.78, 5) is 4.11. The SMILES string of the molecule is CNCc1cn(S(=O)(=O)c2cccnc2)c2cc(Nc3ccc(Oc4ccc(Cl)cc4)cc3)ccc12. The van der Waals surface area contributed by atoms with Gasteiger partial charge in [0, 0.05) is 46.9 Å². The summed E-state index contributed by atoms with van der Waals surface area (Å²) in [5.41, 5.74) is 3.05. The van der Waals surface area contributed by atoms with Gasteiger partial charge in [-0.15, -0.1) is 0 Å². The number of pyridine rings is 1. The number of ether oxygens (including phenoxy) is 1. The summed E-state index contributed by atoms with van der Waals surface area (Å²) in [7, 11) is -1.99. The minimum Gasteiger partial charge on any atom is -0.457 e. The van der Waals surface area contributed by atoms with Gasteiger partial charge in [-0.25, -0.2) is 12.4 Å². The van der Waals surface area contributed by atoms with E-state index in [-0.39, 0.29) is 4.90 Å². The van der Waals surface area contributed by atoms with E-state index in [1.54, 1.807) is 48.8 Å². The highest BCUT2D eigenvalue weighted by molar-refractivity contribution is 7.90. The van der Waals surface area contributed by atoms with E-state index < -0.39 is 10.0 Å². The molecule has 0 fully saturated rings. The Bertz CT molecular complexity index is 1600. The van der Waals surface area contributed by atoms with Gasteiger partial charge in [-0.1, -0.05) is 17.7 Å². The number of hydrogen-bond donors (Lipinski definition) is 2. The molecule has 2 aromatic heterocycles. The molecule has 0 bridgehead atoms. The van der Waals surface area contributed by atoms with Crippen LogP contribution in [-0.4, -0.2) is 24.4 Å². The molecule has 0 spiro atoms. The van der Waals surface area contributed by atoms with Crippen molar-refractivity contribution in [2.75, 3.05) is 12.4 Å². The van der Waals surface area contributed by atoms with Gasteiger partial charge in [-0.05, 0) is 85.4 Å². The Hall–Kier alpha value is -3.85. The molecule has 2 heterocycles. The van der Waals surface area contributed by atoms with Crippen LogP contribution in [-0.2, 0) is 16.6 Å². The average molecular weight is 519 g/mol. The van der Waals surface area contributed by atoms with Gasteiger partial charge in [0.05, 0.1) is 5.52 Å². The van der Waals surface area contributed by atoms with Gasteiger partial charge < -0.3 is 15.4 Å². The van der Waals surface area contributed by atoms with Crippen molar-refractivity contribution >= 4 is 43.9 Å². The van der Waals surface area contributed by atoms with Crippen LogP contribution >= 0.6 is 11.6 Å². The summed E-state index contributed by atoms with van der Waals surface area (Å²) in [6.45, 7) is 0.536. The van der Waals surface area contributed by atoms with Crippen molar-refractivity contribution in [2.24, 2.45) is 0 Å². The van der Waals surface area contributed by atoms with Crippen LogP contribution in [0.5, 0.6) is 11.5 Å². The Balaban J connectivity index is 1.44. The Morgan fingerprint density at radius 1 is 0.944 bits per heavy atom. The van der Waals surface area contributed by atoms with Crippen molar-refractivity contribution in [1.82, 2.24) is 14.3 Å². The predicted molar refractivity (Wildman–Crippen MR) is 143 cm³/mol. The third kappa shape index (κ3) is 4.92. The Labute approximate surface area is 214 Å². The maximum absolute atomic E-state index is 13.4. The summed E-state index contributed by atoms with van der Waals surface area (Å²) < 4.78 is 34.0. The molecule has 0 amide bonds. The monoisotopic (exact) mass is 518 g/mol. The van der Waals surface area contributed by atoms with Crippen LogP contribution in [0.25, 0.3) is 10.9 Å². The van der Waals surface area contributed by atoms with Crippen molar-refractivity contribution in [3.63, 3.8) is 0 Å². The summed E-state index contributed by atoms with van der Waals surface area (Å²) in [6, 6.07) is 23.5. The molecule has 36 heavy (non-hydrogen) atoms. The van der Waals surface area contributed by atoms with Crippen LogP contribution < -0.4 is 15.4 Å². The number of aromatic nitrogens is 2. The molecule has 2 N–H and O–H groups in total. The van der Waals surface area contributed by atoms with Gasteiger partial charge in [0.1, 0.15) is 16.4 Å². The number of fused-ring (bicyclic) bond motifs is 1. The smallest absolute Gasteiger partial charge is 0.269 e. The van der Waals surface area contributed by atoms with E-state index in [0.29, 0.717) is 28.6 Å². The van der Waals surface area contributed by atoms with Crippen LogP contribution in [0, 0.1) is 0 Å². The van der Waals surface area contributed by atoms with Crippen molar-refractivity contribution in [3.05, 3.63) is 108 Å². The fourth-order valence-corrected chi connectivity index (χ4v) is 5.37. The molecule has 7 nitrogen and oxygen atoms in total. The van der Waals surface area contributed by atoms with Gasteiger partial charge in [0.15, 0.2) is 0 Å². The number of nitrogens with zero attached hydrogens (tertiary/aromatic N) is 2. The second kappa shape index (κ2) is 10.0. The van der Waals surface area contributed by atoms with E-state index in [2.05, 4.69) is 15.6 Å². The summed E-state index contributed by atoms with van der Waals surface area (Å²) >= 11 is 5.93. The molecule has 0 radical (unpaired) electrons. The highest BCUT2D eigenvalue weighted by Crippen LogP contribution is 2.30. The lowest BCUT2D eigenvalue weighted by Crippen LogP contribution is -2.12. The molecular weight excluding hydrogens is 496 g/mol. The van der Waals surface area contributed by atoms with Crippen molar-refractivity contribution < 1.29 is 13.2 Å². The summed E-state index contributed by atoms with van der Waals surface area (Å²) in [6.07, 6.45) is 4.57. The zero-order valence-corrected chi connectivity index (χ0v) is 20.9. The number of nitrogens with one attached hydrogen (secondary N) is 2. The zero-order chi connectivity index (χ0) is 25.1. The maximum atomic E-state index is 13.4. The van der Waals surface area contributed by atoms with Gasteiger partial charge in [-0.2, -0.15) is 0 Å². The molecule has 0 unspecified atom stereocenters. The molecular formula is C27H23ClN4O3S. The summed E-state index contributed by atoms with van der Waals surface area (Å²) in [5, 5.41) is 7.96. The fraction of sp³-hybridized carbons (Fsp3) is 0.0741. The lowest BCUT2D eigenvalue weighted by Gasteiger charge is -2.11. The topological polar surface area (TPSA) is 85.2 Å². The molecule has 0 aliphatic heterocycles. The van der Waals surface area contributed by atoms with Gasteiger partial charge >= 0.3 is 0 Å². The molecule has 0 saturated carbocycles. The molecule has 0 aliphatic carbocycles. The quantitative estimate of drug-likeness (QED) is 0.255. The average Bonchev–Trinajstić information content (AvgIpc) is 3.26. The highest BCUT2D eigenvalue weighted by atomic mass is 35.5. The third-order valence-electron chi connectivity index (χ3n) is 5.60. The van der Waals surface area contributed by atoms with Crippen LogP contribution in [0.4, 0.5) is 11.4 Å². The number of benzene rings is 3. The first-order valence-electron chi connectivity index (χ1n) is 11.2. The Morgan fingerprint density at radius 2 is 1.64 bits per heavy atom. The fourth-order valence-electron chi connectivity index (χ4n) is 3.90. The molecule has 5 aromatic rings. The van der Waals surface area contributed by atoms with E-state index in [1.807, 2.05) is 49.5 Å². The molecule has 3 aromatic carbocycles. The molecule has 0 aliphatic rings. The number of halogens is 1. The third-order valence-corrected chi connectivity index (χ3v) is 7.51. The van der Waals surface area contributed by atoms with Crippen LogP contribution in [0.15, 0.2) is 102 Å². The summed E-state index contributed by atoms with van der Waals surface area (Å²) in [5.74, 6) is 1.38. The van der Waals surface area contributed by atoms with Crippen molar-refractivity contribution in [2.45, 2.75) is 11.4 Å². The van der Waals surface area contributed by atoms with E-state index >= 15 is 0 Å². The lowest BCUT2D eigenvalue weighted by molar-refractivity contribution is 0.483. The Morgan fingerprint density at radius 3 is 2.31 bits per heavy atom. The first-order chi connectivity index (χ1) is 17.4. The number of rotatable bonds is 8. The van der Waals surface area contributed by atoms with Crippen molar-refractivity contribution in [3.8, 4) is 11.5 Å². The normalized spacial score (nSPS) is 11.5. The lowest BCUT2D eigenvalue weighted by atomic mass is 10.1. The minimum absolute atomic E-state index is 0.132. The molecule has 0 saturated heterocycles. The second-order valence-corrected chi connectivity index (χ2v) is 10.4. The van der Waals surface area contributed by atoms with E-state index in [4.69, 9.17) is 16.3 Å². The van der Waals surface area contributed by atoms with Crippen molar-refractivity contribution in [1.29, 1.82) is 0 Å². The van der Waals surface area contributed by atoms with Crippen LogP contribution in [0.3, 0.4) is 0 Å². The molecule has 182 valence electrons. The second-order valence-electron chi connectivity index (χ2n) is 8.11. The molecule has 5 rings (SSSR count). The van der Waals surface area contributed by atoms with E-state index in [1.165, 1.54) is 10.2 Å². The standard InChI is InChI=1S/C27H23ClN4O3S/c1-29-16-19-18-32(36(33,34)25-3-2-14-30-17-25)27-15-22(8-13-26(19)27)31-21-6-11-24(12-7-21)35-23-9-4-20(28)5-10-23/h2-15,17-18,29,31H,16H2,1H3. The minimum atomic E-state index is -3.82.